The van der Waals surface area contributed by atoms with Gasteiger partial charge in [-0.15, -0.1) is 0 Å². The van der Waals surface area contributed by atoms with Crippen LogP contribution in [0.1, 0.15) is 73.0 Å². The number of likely N-dealkylation sites (N-methyl/N-ethyl adjacent to an activating group) is 1. The number of amides is 2. The number of hydrogen-bond acceptors (Lipinski definition) is 6. The Bertz CT molecular complexity index is 1740. The minimum atomic E-state index is -1.10. The van der Waals surface area contributed by atoms with Crippen LogP contribution in [0, 0.1) is 0 Å². The van der Waals surface area contributed by atoms with E-state index >= 15 is 0 Å². The van der Waals surface area contributed by atoms with Gasteiger partial charge in [0.05, 0.1) is 23.5 Å². The zero-order valence-electron chi connectivity index (χ0n) is 26.5. The average molecular weight is 620 g/mol. The van der Waals surface area contributed by atoms with Crippen molar-refractivity contribution in [1.82, 2.24) is 20.0 Å². The summed E-state index contributed by atoms with van der Waals surface area (Å²) in [7, 11) is 1.95. The van der Waals surface area contributed by atoms with Crippen LogP contribution in [-0.4, -0.2) is 64.7 Å². The Balaban J connectivity index is 1.23. The second-order valence-electron chi connectivity index (χ2n) is 12.4. The predicted molar refractivity (Wildman–Crippen MR) is 180 cm³/mol. The van der Waals surface area contributed by atoms with Crippen molar-refractivity contribution in [3.05, 3.63) is 95.7 Å². The Labute approximate surface area is 269 Å². The van der Waals surface area contributed by atoms with Gasteiger partial charge in [-0.2, -0.15) is 5.10 Å². The third-order valence-corrected chi connectivity index (χ3v) is 9.08. The fourth-order valence-corrected chi connectivity index (χ4v) is 6.70. The van der Waals surface area contributed by atoms with Crippen LogP contribution < -0.4 is 10.6 Å². The largest absolute Gasteiger partial charge is 0.463 e. The van der Waals surface area contributed by atoms with Crippen molar-refractivity contribution in [2.45, 2.75) is 56.9 Å². The Morgan fingerprint density at radius 2 is 1.76 bits per heavy atom. The van der Waals surface area contributed by atoms with Crippen LogP contribution in [0.15, 0.2) is 78.9 Å². The molecule has 0 spiro atoms. The van der Waals surface area contributed by atoms with Crippen molar-refractivity contribution in [3.63, 3.8) is 0 Å². The van der Waals surface area contributed by atoms with Gasteiger partial charge in [-0.3, -0.25) is 9.59 Å². The summed E-state index contributed by atoms with van der Waals surface area (Å²) in [6.07, 6.45) is 9.47. The molecular weight excluding hydrogens is 578 g/mol. The van der Waals surface area contributed by atoms with Crippen LogP contribution in [-0.2, 0) is 14.3 Å². The Morgan fingerprint density at radius 3 is 2.46 bits per heavy atom. The minimum Gasteiger partial charge on any atom is -0.463 e. The number of aromatic nitrogens is 2. The minimum absolute atomic E-state index is 0.269. The van der Waals surface area contributed by atoms with Crippen LogP contribution in [0.25, 0.3) is 22.7 Å². The van der Waals surface area contributed by atoms with Gasteiger partial charge in [-0.1, -0.05) is 55.7 Å². The van der Waals surface area contributed by atoms with E-state index in [1.807, 2.05) is 60.5 Å². The number of benzene rings is 3. The van der Waals surface area contributed by atoms with E-state index in [2.05, 4.69) is 27.4 Å². The molecule has 4 aromatic rings. The highest BCUT2D eigenvalue weighted by atomic mass is 16.5. The first-order valence-corrected chi connectivity index (χ1v) is 16.2. The van der Waals surface area contributed by atoms with Crippen molar-refractivity contribution in [3.8, 4) is 5.69 Å². The van der Waals surface area contributed by atoms with Crippen LogP contribution in [0.5, 0.6) is 0 Å². The van der Waals surface area contributed by atoms with E-state index in [1.54, 1.807) is 25.1 Å². The fraction of sp³-hybridized carbons (Fsp3) is 0.351. The monoisotopic (exact) mass is 619 g/mol. The maximum absolute atomic E-state index is 13.8. The second kappa shape index (κ2) is 13.7. The standard InChI is InChI=1S/C37H41N5O4/c1-3-46-33(43)21-16-26-14-18-29(19-15-26)38-36(45)37(22-23-41(2)25-37)39-35(44)28-17-20-31-32(24-28)40-42(30-12-8-5-9-13-30)34(31)27-10-6-4-7-11-27/h5,8-9,12-21,24,27H,3-4,6-7,10-11,22-23,25H2,1-2H3,(H,38,45)(H,39,44)/t37-/m1/s1. The lowest BCUT2D eigenvalue weighted by Crippen LogP contribution is -2.58. The van der Waals surface area contributed by atoms with Gasteiger partial charge in [-0.05, 0) is 81.3 Å². The van der Waals surface area contributed by atoms with Crippen LogP contribution >= 0.6 is 0 Å². The number of fused-ring (bicyclic) bond motifs is 1. The van der Waals surface area contributed by atoms with Gasteiger partial charge >= 0.3 is 5.97 Å². The van der Waals surface area contributed by atoms with Crippen LogP contribution in [0.3, 0.4) is 0 Å². The van der Waals surface area contributed by atoms with Crippen LogP contribution in [0.4, 0.5) is 5.69 Å². The number of esters is 1. The molecule has 1 saturated heterocycles. The summed E-state index contributed by atoms with van der Waals surface area (Å²) < 4.78 is 6.98. The van der Waals surface area contributed by atoms with Gasteiger partial charge in [0.1, 0.15) is 5.54 Å². The zero-order chi connectivity index (χ0) is 32.1. The molecule has 0 unspecified atom stereocenters. The number of anilines is 1. The van der Waals surface area contributed by atoms with Gasteiger partial charge in [0.25, 0.3) is 11.8 Å². The Morgan fingerprint density at radius 1 is 1.00 bits per heavy atom. The molecule has 2 heterocycles. The van der Waals surface area contributed by atoms with E-state index in [-0.39, 0.29) is 11.8 Å². The van der Waals surface area contributed by atoms with E-state index in [1.165, 1.54) is 31.0 Å². The third kappa shape index (κ3) is 6.74. The van der Waals surface area contributed by atoms with Gasteiger partial charge in [0.2, 0.25) is 0 Å². The molecule has 46 heavy (non-hydrogen) atoms. The summed E-state index contributed by atoms with van der Waals surface area (Å²) in [5.41, 5.74) is 3.77. The summed E-state index contributed by atoms with van der Waals surface area (Å²) >= 11 is 0. The van der Waals surface area contributed by atoms with Gasteiger partial charge in [0, 0.05) is 41.7 Å². The molecule has 238 valence electrons. The fourth-order valence-electron chi connectivity index (χ4n) is 6.70. The number of rotatable bonds is 9. The van der Waals surface area contributed by atoms with Gasteiger partial charge < -0.3 is 20.3 Å². The molecule has 2 N–H and O–H groups in total. The zero-order valence-corrected chi connectivity index (χ0v) is 26.5. The molecule has 2 amide bonds. The first-order valence-electron chi connectivity index (χ1n) is 16.2. The first-order chi connectivity index (χ1) is 22.3. The molecule has 1 aliphatic carbocycles. The summed E-state index contributed by atoms with van der Waals surface area (Å²) in [4.78, 5) is 41.2. The molecule has 2 aliphatic rings. The molecule has 9 nitrogen and oxygen atoms in total. The molecular formula is C37H41N5O4. The maximum atomic E-state index is 13.8. The lowest BCUT2D eigenvalue weighted by molar-refractivity contribution is -0.137. The number of para-hydroxylation sites is 1. The lowest BCUT2D eigenvalue weighted by Gasteiger charge is -2.29. The molecule has 0 radical (unpaired) electrons. The van der Waals surface area contributed by atoms with Crippen molar-refractivity contribution in [2.75, 3.05) is 32.1 Å². The lowest BCUT2D eigenvalue weighted by atomic mass is 9.85. The SMILES string of the molecule is CCOC(=O)C=Cc1ccc(NC(=O)[C@@]2(NC(=O)c3ccc4c(C5CCCCC5)n(-c5ccccc5)nc4c3)CCN(C)C2)cc1. The number of likely N-dealkylation sites (tertiary alicyclic amines) is 1. The van der Waals surface area contributed by atoms with Crippen molar-refractivity contribution < 1.29 is 19.1 Å². The summed E-state index contributed by atoms with van der Waals surface area (Å²) in [6.45, 7) is 3.14. The van der Waals surface area contributed by atoms with Crippen molar-refractivity contribution >= 4 is 40.4 Å². The molecule has 1 atom stereocenters. The normalized spacial score (nSPS) is 19.0. The molecule has 1 saturated carbocycles. The Hall–Kier alpha value is -4.76. The molecule has 0 bridgehead atoms. The number of ether oxygens (including phenoxy) is 1. The van der Waals surface area contributed by atoms with Gasteiger partial charge in [0.15, 0.2) is 0 Å². The van der Waals surface area contributed by atoms with Gasteiger partial charge in [-0.25, -0.2) is 9.48 Å². The number of carbonyl (C=O) groups excluding carboxylic acids is 3. The van der Waals surface area contributed by atoms with E-state index in [9.17, 15) is 14.4 Å². The smallest absolute Gasteiger partial charge is 0.330 e. The topological polar surface area (TPSA) is 106 Å². The van der Waals surface area contributed by atoms with Crippen LogP contribution in [0.2, 0.25) is 0 Å². The average Bonchev–Trinajstić information content (AvgIpc) is 3.66. The molecule has 6 rings (SSSR count). The molecule has 2 fully saturated rings. The first kappa shape index (κ1) is 31.2. The van der Waals surface area contributed by atoms with E-state index in [4.69, 9.17) is 9.84 Å². The quantitative estimate of drug-likeness (QED) is 0.174. The highest BCUT2D eigenvalue weighted by Crippen LogP contribution is 2.38. The number of carbonyl (C=O) groups is 3. The number of nitrogens with zero attached hydrogens (tertiary/aromatic N) is 3. The van der Waals surface area contributed by atoms with E-state index in [0.717, 1.165) is 35.0 Å². The highest BCUT2D eigenvalue weighted by molar-refractivity contribution is 6.05. The van der Waals surface area contributed by atoms with Crippen molar-refractivity contribution in [1.29, 1.82) is 0 Å². The highest BCUT2D eigenvalue weighted by Gasteiger charge is 2.45. The number of nitrogens with one attached hydrogen (secondary N) is 2. The van der Waals surface area contributed by atoms with Crippen molar-refractivity contribution in [2.24, 2.45) is 0 Å². The van der Waals surface area contributed by atoms with E-state index < -0.39 is 11.5 Å². The summed E-state index contributed by atoms with van der Waals surface area (Å²) in [6, 6.07) is 23.1. The molecule has 9 heteroatoms. The third-order valence-electron chi connectivity index (χ3n) is 9.08. The number of hydrogen-bond donors (Lipinski definition) is 2. The summed E-state index contributed by atoms with van der Waals surface area (Å²) in [5.74, 6) is -0.562. The molecule has 3 aromatic carbocycles. The summed E-state index contributed by atoms with van der Waals surface area (Å²) in [5, 5.41) is 12.2. The Kier molecular flexibility index (Phi) is 9.30. The predicted octanol–water partition coefficient (Wildman–Crippen LogP) is 6.09. The molecule has 1 aromatic heterocycles. The van der Waals surface area contributed by atoms with E-state index in [0.29, 0.717) is 43.3 Å². The maximum Gasteiger partial charge on any atom is 0.330 e. The molecule has 1 aliphatic heterocycles. The second-order valence-corrected chi connectivity index (χ2v) is 12.4.